The number of aromatic nitrogens is 1. The number of aromatic hydroxyl groups is 1. The van der Waals surface area contributed by atoms with Gasteiger partial charge in [0.15, 0.2) is 11.5 Å². The predicted molar refractivity (Wildman–Crippen MR) is 115 cm³/mol. The number of aromatic amines is 1. The number of H-pyrrole nitrogens is 1. The first-order chi connectivity index (χ1) is 15.0. The molecule has 8 nitrogen and oxygen atoms in total. The van der Waals surface area contributed by atoms with Crippen LogP contribution in [0.1, 0.15) is 30.4 Å². The Labute approximate surface area is 179 Å². The van der Waals surface area contributed by atoms with E-state index in [1.807, 2.05) is 0 Å². The maximum absolute atomic E-state index is 13.0. The number of carbonyl (C=O) groups excluding carboxylic acids is 1. The average molecular weight is 427 g/mol. The number of hydrogen-bond acceptors (Lipinski definition) is 7. The summed E-state index contributed by atoms with van der Waals surface area (Å²) in [5, 5.41) is 11.5. The van der Waals surface area contributed by atoms with Gasteiger partial charge in [-0.05, 0) is 25.1 Å². The molecule has 0 radical (unpaired) electrons. The van der Waals surface area contributed by atoms with Gasteiger partial charge in [-0.15, -0.1) is 0 Å². The standard InChI is InChI=1S/C23H25NO7/c1-5-31-18(25)12-15(13-10-11-17(28-2)22(30-4)21(13)29-3)19-20(26)14-8-6-7-9-16(14)24-23(19)27/h6-11,15H,5,12H2,1-4H3,(H2,24,26,27). The maximum Gasteiger partial charge on any atom is 0.306 e. The van der Waals surface area contributed by atoms with Gasteiger partial charge >= 0.3 is 5.97 Å². The Morgan fingerprint density at radius 3 is 2.39 bits per heavy atom. The van der Waals surface area contributed by atoms with Gasteiger partial charge in [0.2, 0.25) is 5.75 Å². The molecule has 0 aliphatic carbocycles. The Morgan fingerprint density at radius 2 is 1.74 bits per heavy atom. The van der Waals surface area contributed by atoms with E-state index >= 15 is 0 Å². The summed E-state index contributed by atoms with van der Waals surface area (Å²) >= 11 is 0. The van der Waals surface area contributed by atoms with Crippen molar-refractivity contribution in [3.63, 3.8) is 0 Å². The van der Waals surface area contributed by atoms with Crippen LogP contribution in [0.25, 0.3) is 10.9 Å². The van der Waals surface area contributed by atoms with Crippen LogP contribution in [-0.2, 0) is 9.53 Å². The van der Waals surface area contributed by atoms with Gasteiger partial charge in [-0.1, -0.05) is 18.2 Å². The van der Waals surface area contributed by atoms with E-state index in [1.165, 1.54) is 21.3 Å². The molecule has 3 aromatic rings. The van der Waals surface area contributed by atoms with Gasteiger partial charge in [-0.25, -0.2) is 0 Å². The van der Waals surface area contributed by atoms with Gasteiger partial charge in [0.25, 0.3) is 5.56 Å². The summed E-state index contributed by atoms with van der Waals surface area (Å²) in [6.45, 7) is 1.89. The fourth-order valence-corrected chi connectivity index (χ4v) is 3.72. The summed E-state index contributed by atoms with van der Waals surface area (Å²) in [6.07, 6.45) is -0.186. The summed E-state index contributed by atoms with van der Waals surface area (Å²) in [5.74, 6) is -0.547. The van der Waals surface area contributed by atoms with Crippen molar-refractivity contribution < 1.29 is 28.8 Å². The van der Waals surface area contributed by atoms with Crippen molar-refractivity contribution in [2.75, 3.05) is 27.9 Å². The molecule has 2 aromatic carbocycles. The minimum atomic E-state index is -0.859. The SMILES string of the molecule is CCOC(=O)CC(c1ccc(OC)c(OC)c1OC)c1c(O)c2ccccc2[nH]c1=O. The molecule has 0 saturated carbocycles. The highest BCUT2D eigenvalue weighted by Gasteiger charge is 2.31. The zero-order valence-corrected chi connectivity index (χ0v) is 17.9. The van der Waals surface area contributed by atoms with Crippen molar-refractivity contribution in [2.45, 2.75) is 19.3 Å². The second-order valence-electron chi connectivity index (χ2n) is 6.75. The van der Waals surface area contributed by atoms with Crippen LogP contribution in [0.2, 0.25) is 0 Å². The lowest BCUT2D eigenvalue weighted by atomic mass is 9.86. The van der Waals surface area contributed by atoms with Crippen molar-refractivity contribution in [3.8, 4) is 23.0 Å². The highest BCUT2D eigenvalue weighted by molar-refractivity contribution is 5.86. The number of esters is 1. The Kier molecular flexibility index (Phi) is 6.69. The van der Waals surface area contributed by atoms with Gasteiger partial charge in [0.1, 0.15) is 5.75 Å². The molecule has 1 heterocycles. The zero-order valence-electron chi connectivity index (χ0n) is 17.9. The molecule has 164 valence electrons. The van der Waals surface area contributed by atoms with Crippen molar-refractivity contribution in [1.82, 2.24) is 4.98 Å². The summed E-state index contributed by atoms with van der Waals surface area (Å²) < 4.78 is 21.5. The van der Waals surface area contributed by atoms with E-state index in [1.54, 1.807) is 43.3 Å². The first-order valence-electron chi connectivity index (χ1n) is 9.75. The number of carbonyl (C=O) groups is 1. The van der Waals surface area contributed by atoms with E-state index in [2.05, 4.69) is 4.98 Å². The van der Waals surface area contributed by atoms with Crippen molar-refractivity contribution >= 4 is 16.9 Å². The molecule has 31 heavy (non-hydrogen) atoms. The van der Waals surface area contributed by atoms with E-state index < -0.39 is 17.4 Å². The van der Waals surface area contributed by atoms with Crippen LogP contribution < -0.4 is 19.8 Å². The summed E-state index contributed by atoms with van der Waals surface area (Å²) in [7, 11) is 4.41. The number of benzene rings is 2. The third-order valence-corrected chi connectivity index (χ3v) is 5.06. The average Bonchev–Trinajstić information content (AvgIpc) is 2.77. The first-order valence-corrected chi connectivity index (χ1v) is 9.75. The number of nitrogens with one attached hydrogen (secondary N) is 1. The fourth-order valence-electron chi connectivity index (χ4n) is 3.72. The van der Waals surface area contributed by atoms with Crippen LogP contribution in [0.3, 0.4) is 0 Å². The Hall–Kier alpha value is -3.68. The molecule has 3 rings (SSSR count). The van der Waals surface area contributed by atoms with Gasteiger partial charge in [0.05, 0.1) is 45.4 Å². The normalized spacial score (nSPS) is 11.7. The van der Waals surface area contributed by atoms with E-state index in [0.29, 0.717) is 33.7 Å². The summed E-state index contributed by atoms with van der Waals surface area (Å²) in [5.41, 5.74) is 0.492. The number of pyridine rings is 1. The van der Waals surface area contributed by atoms with Crippen molar-refractivity contribution in [3.05, 3.63) is 57.9 Å². The minimum Gasteiger partial charge on any atom is -0.507 e. The minimum absolute atomic E-state index is 0.0391. The monoisotopic (exact) mass is 427 g/mol. The molecule has 1 unspecified atom stereocenters. The number of ether oxygens (including phenoxy) is 4. The molecular weight excluding hydrogens is 402 g/mol. The molecule has 0 saturated heterocycles. The Morgan fingerprint density at radius 1 is 1.03 bits per heavy atom. The number of para-hydroxylation sites is 1. The molecule has 0 aliphatic heterocycles. The molecule has 0 amide bonds. The quantitative estimate of drug-likeness (QED) is 0.531. The predicted octanol–water partition coefficient (Wildman–Crippen LogP) is 3.34. The van der Waals surface area contributed by atoms with Crippen molar-refractivity contribution in [2.24, 2.45) is 0 Å². The van der Waals surface area contributed by atoms with E-state index in [-0.39, 0.29) is 24.3 Å². The lowest BCUT2D eigenvalue weighted by Gasteiger charge is -2.23. The smallest absolute Gasteiger partial charge is 0.306 e. The molecule has 2 N–H and O–H groups in total. The largest absolute Gasteiger partial charge is 0.507 e. The van der Waals surface area contributed by atoms with Crippen molar-refractivity contribution in [1.29, 1.82) is 0 Å². The fraction of sp³-hybridized carbons (Fsp3) is 0.304. The van der Waals surface area contributed by atoms with Crippen LogP contribution in [-0.4, -0.2) is 44.0 Å². The third-order valence-electron chi connectivity index (χ3n) is 5.06. The second-order valence-corrected chi connectivity index (χ2v) is 6.75. The van der Waals surface area contributed by atoms with Gasteiger partial charge in [-0.3, -0.25) is 9.59 Å². The van der Waals surface area contributed by atoms with Crippen LogP contribution in [0.4, 0.5) is 0 Å². The second kappa shape index (κ2) is 9.42. The lowest BCUT2D eigenvalue weighted by molar-refractivity contribution is -0.143. The Balaban J connectivity index is 2.30. The van der Waals surface area contributed by atoms with E-state index in [4.69, 9.17) is 18.9 Å². The molecule has 0 spiro atoms. The van der Waals surface area contributed by atoms with Crippen LogP contribution in [0.5, 0.6) is 23.0 Å². The number of rotatable bonds is 8. The van der Waals surface area contributed by atoms with Gasteiger partial charge in [-0.2, -0.15) is 0 Å². The highest BCUT2D eigenvalue weighted by atomic mass is 16.5. The Bertz CT molecular complexity index is 1150. The topological polar surface area (TPSA) is 107 Å². The highest BCUT2D eigenvalue weighted by Crippen LogP contribution is 2.46. The van der Waals surface area contributed by atoms with E-state index in [0.717, 1.165) is 0 Å². The maximum atomic E-state index is 13.0. The molecule has 0 bridgehead atoms. The van der Waals surface area contributed by atoms with Gasteiger partial charge < -0.3 is 29.0 Å². The lowest BCUT2D eigenvalue weighted by Crippen LogP contribution is -2.21. The van der Waals surface area contributed by atoms with Crippen LogP contribution in [0.15, 0.2) is 41.2 Å². The first kappa shape index (κ1) is 22.0. The molecular formula is C23H25NO7. The van der Waals surface area contributed by atoms with Crippen LogP contribution in [0, 0.1) is 0 Å². The molecule has 0 aliphatic rings. The third kappa shape index (κ3) is 4.14. The number of fused-ring (bicyclic) bond motifs is 1. The van der Waals surface area contributed by atoms with E-state index in [9.17, 15) is 14.7 Å². The number of hydrogen-bond donors (Lipinski definition) is 2. The molecule has 1 atom stereocenters. The molecule has 0 fully saturated rings. The number of methoxy groups -OCH3 is 3. The zero-order chi connectivity index (χ0) is 22.5. The molecule has 8 heteroatoms. The molecule has 1 aromatic heterocycles. The summed E-state index contributed by atoms with van der Waals surface area (Å²) in [6, 6.07) is 10.2. The van der Waals surface area contributed by atoms with Gasteiger partial charge in [0, 0.05) is 16.9 Å². The summed E-state index contributed by atoms with van der Waals surface area (Å²) in [4.78, 5) is 28.3. The van der Waals surface area contributed by atoms with Crippen LogP contribution >= 0.6 is 0 Å².